The lowest BCUT2D eigenvalue weighted by molar-refractivity contribution is 0.375. The van der Waals surface area contributed by atoms with Crippen LogP contribution in [0.2, 0.25) is 0 Å². The molecule has 0 aliphatic heterocycles. The van der Waals surface area contributed by atoms with Crippen LogP contribution in [-0.2, 0) is 0 Å². The van der Waals surface area contributed by atoms with Gasteiger partial charge in [-0.1, -0.05) is 26.7 Å². The second-order valence-electron chi connectivity index (χ2n) is 3.82. The molecule has 0 aliphatic rings. The van der Waals surface area contributed by atoms with E-state index in [1.54, 1.807) is 11.3 Å². The first-order valence-electron chi connectivity index (χ1n) is 5.41. The molecule has 0 spiro atoms. The minimum absolute atomic E-state index is 0.315. The topological polar surface area (TPSA) is 38.0 Å². The summed E-state index contributed by atoms with van der Waals surface area (Å²) in [4.78, 5) is 0. The molecule has 4 heteroatoms. The van der Waals surface area contributed by atoms with Gasteiger partial charge in [0.15, 0.2) is 0 Å². The van der Waals surface area contributed by atoms with Crippen LogP contribution < -0.4 is 11.3 Å². The van der Waals surface area contributed by atoms with E-state index < -0.39 is 0 Å². The van der Waals surface area contributed by atoms with Crippen LogP contribution in [0.5, 0.6) is 0 Å². The minimum Gasteiger partial charge on any atom is -0.271 e. The maximum atomic E-state index is 5.62. The zero-order chi connectivity index (χ0) is 11.3. The molecule has 1 heterocycles. The first-order chi connectivity index (χ1) is 7.21. The highest BCUT2D eigenvalue weighted by Crippen LogP contribution is 2.28. The van der Waals surface area contributed by atoms with Crippen LogP contribution >= 0.6 is 33.9 Å². The summed E-state index contributed by atoms with van der Waals surface area (Å²) >= 11 is 4.13. The molecular weight excluding hydrogens is 319 g/mol. The molecule has 15 heavy (non-hydrogen) atoms. The summed E-state index contributed by atoms with van der Waals surface area (Å²) < 4.78 is 1.33. The fourth-order valence-electron chi connectivity index (χ4n) is 1.76. The Bertz CT molecular complexity index is 284. The molecule has 0 fully saturated rings. The minimum atomic E-state index is 0.315. The van der Waals surface area contributed by atoms with Crippen LogP contribution in [0.4, 0.5) is 0 Å². The van der Waals surface area contributed by atoms with Gasteiger partial charge in [-0.2, -0.15) is 0 Å². The highest BCUT2D eigenvalue weighted by Gasteiger charge is 2.15. The Morgan fingerprint density at radius 3 is 2.53 bits per heavy atom. The Hall–Kier alpha value is 0.350. The summed E-state index contributed by atoms with van der Waals surface area (Å²) in [5.74, 6) is 6.39. The van der Waals surface area contributed by atoms with E-state index in [1.165, 1.54) is 21.3 Å². The third-order valence-electron chi connectivity index (χ3n) is 2.92. The molecule has 1 atom stereocenters. The molecule has 0 amide bonds. The number of nitrogens with two attached hydrogens (primary N) is 1. The van der Waals surface area contributed by atoms with Crippen molar-refractivity contribution in [1.29, 1.82) is 0 Å². The van der Waals surface area contributed by atoms with E-state index in [9.17, 15) is 0 Å². The van der Waals surface area contributed by atoms with E-state index in [-0.39, 0.29) is 0 Å². The van der Waals surface area contributed by atoms with E-state index in [0.717, 1.165) is 12.3 Å². The van der Waals surface area contributed by atoms with Gasteiger partial charge in [0.2, 0.25) is 0 Å². The average Bonchev–Trinajstić information content (AvgIpc) is 2.67. The molecule has 1 aromatic heterocycles. The number of halogens is 1. The molecule has 0 saturated carbocycles. The second-order valence-corrected chi connectivity index (χ2v) is 6.63. The monoisotopic (exact) mass is 338 g/mol. The van der Waals surface area contributed by atoms with Crippen molar-refractivity contribution in [3.8, 4) is 0 Å². The zero-order valence-electron chi connectivity index (χ0n) is 9.29. The molecule has 1 rings (SSSR count). The summed E-state index contributed by atoms with van der Waals surface area (Å²) in [5.41, 5.74) is 4.27. The van der Waals surface area contributed by atoms with Gasteiger partial charge in [0.05, 0.1) is 2.88 Å². The molecule has 0 aliphatic carbocycles. The first kappa shape index (κ1) is 13.4. The first-order valence-corrected chi connectivity index (χ1v) is 7.37. The number of nitrogens with one attached hydrogen (secondary N) is 1. The second kappa shape index (κ2) is 6.83. The smallest absolute Gasteiger partial charge is 0.0656 e. The zero-order valence-corrected chi connectivity index (χ0v) is 12.3. The number of hydrogen-bond acceptors (Lipinski definition) is 3. The summed E-state index contributed by atoms with van der Waals surface area (Å²) in [6.45, 7) is 4.50. The highest BCUT2D eigenvalue weighted by molar-refractivity contribution is 14.1. The molecule has 0 aromatic carbocycles. The van der Waals surface area contributed by atoms with Crippen LogP contribution in [0.1, 0.15) is 44.7 Å². The molecule has 86 valence electrons. The van der Waals surface area contributed by atoms with Gasteiger partial charge < -0.3 is 0 Å². The largest absolute Gasteiger partial charge is 0.271 e. The molecule has 1 unspecified atom stereocenters. The van der Waals surface area contributed by atoms with E-state index in [2.05, 4.69) is 53.3 Å². The Labute approximate surface area is 110 Å². The lowest BCUT2D eigenvalue weighted by Crippen LogP contribution is -2.29. The quantitative estimate of drug-likeness (QED) is 0.472. The van der Waals surface area contributed by atoms with Gasteiger partial charge in [-0.15, -0.1) is 11.3 Å². The van der Waals surface area contributed by atoms with Crippen LogP contribution in [0.15, 0.2) is 11.4 Å². The number of hydrazine groups is 1. The Morgan fingerprint density at radius 2 is 2.13 bits per heavy atom. The van der Waals surface area contributed by atoms with Crippen molar-refractivity contribution in [2.45, 2.75) is 39.2 Å². The molecule has 1 aromatic rings. The van der Waals surface area contributed by atoms with Gasteiger partial charge in [0, 0.05) is 6.04 Å². The molecule has 3 N–H and O–H groups in total. The normalized spacial score (nSPS) is 13.4. The van der Waals surface area contributed by atoms with Crippen LogP contribution in [0.25, 0.3) is 0 Å². The van der Waals surface area contributed by atoms with Crippen molar-refractivity contribution in [2.75, 3.05) is 0 Å². The molecule has 0 saturated heterocycles. The summed E-state index contributed by atoms with van der Waals surface area (Å²) in [6, 6.07) is 2.53. The van der Waals surface area contributed by atoms with Crippen molar-refractivity contribution in [3.63, 3.8) is 0 Å². The van der Waals surface area contributed by atoms with Crippen LogP contribution in [0.3, 0.4) is 0 Å². The summed E-state index contributed by atoms with van der Waals surface area (Å²) in [7, 11) is 0. The van der Waals surface area contributed by atoms with Crippen molar-refractivity contribution >= 4 is 33.9 Å². The van der Waals surface area contributed by atoms with Crippen molar-refractivity contribution in [1.82, 2.24) is 5.43 Å². The Balaban J connectivity index is 2.63. The maximum Gasteiger partial charge on any atom is 0.0656 e. The van der Waals surface area contributed by atoms with E-state index in [0.29, 0.717) is 6.04 Å². The third-order valence-corrected chi connectivity index (χ3v) is 4.72. The van der Waals surface area contributed by atoms with Gasteiger partial charge in [-0.05, 0) is 51.9 Å². The number of hydrogen-bond donors (Lipinski definition) is 2. The fraction of sp³-hybridized carbons (Fsp3) is 0.636. The number of rotatable bonds is 6. The lowest BCUT2D eigenvalue weighted by atomic mass is 9.92. The summed E-state index contributed by atoms with van der Waals surface area (Å²) in [6.07, 6.45) is 3.60. The number of thiophene rings is 1. The lowest BCUT2D eigenvalue weighted by Gasteiger charge is -2.20. The van der Waals surface area contributed by atoms with Gasteiger partial charge in [-0.3, -0.25) is 11.3 Å². The SMILES string of the molecule is CCC(CC)CC(NN)c1csc(I)c1. The molecule has 2 nitrogen and oxygen atoms in total. The summed E-state index contributed by atoms with van der Waals surface area (Å²) in [5, 5.41) is 2.20. The predicted octanol–water partition coefficient (Wildman–Crippen LogP) is 3.68. The van der Waals surface area contributed by atoms with Crippen molar-refractivity contribution < 1.29 is 0 Å². The van der Waals surface area contributed by atoms with Crippen LogP contribution in [0, 0.1) is 8.80 Å². The molecule has 0 radical (unpaired) electrons. The molecule has 0 bridgehead atoms. The van der Waals surface area contributed by atoms with E-state index in [4.69, 9.17) is 5.84 Å². The van der Waals surface area contributed by atoms with Gasteiger partial charge in [-0.25, -0.2) is 0 Å². The van der Waals surface area contributed by atoms with Crippen molar-refractivity contribution in [2.24, 2.45) is 11.8 Å². The molecular formula is C11H19IN2S. The fourth-order valence-corrected chi connectivity index (χ4v) is 3.19. The van der Waals surface area contributed by atoms with E-state index >= 15 is 0 Å². The van der Waals surface area contributed by atoms with Crippen molar-refractivity contribution in [3.05, 3.63) is 19.9 Å². The predicted molar refractivity (Wildman–Crippen MR) is 75.8 cm³/mol. The average molecular weight is 338 g/mol. The Morgan fingerprint density at radius 1 is 1.47 bits per heavy atom. The van der Waals surface area contributed by atoms with Gasteiger partial charge in [0.25, 0.3) is 0 Å². The van der Waals surface area contributed by atoms with E-state index in [1.807, 2.05) is 0 Å². The third kappa shape index (κ3) is 4.01. The van der Waals surface area contributed by atoms with Gasteiger partial charge >= 0.3 is 0 Å². The maximum absolute atomic E-state index is 5.62. The standard InChI is InChI=1S/C11H19IN2S/c1-3-8(4-2)5-10(14-13)9-6-11(12)15-7-9/h6-8,10,14H,3-5,13H2,1-2H3. The van der Waals surface area contributed by atoms with Gasteiger partial charge in [0.1, 0.15) is 0 Å². The Kier molecular flexibility index (Phi) is 6.11. The van der Waals surface area contributed by atoms with Crippen LogP contribution in [-0.4, -0.2) is 0 Å². The highest BCUT2D eigenvalue weighted by atomic mass is 127.